The number of hydrogen-bond acceptors (Lipinski definition) is 6. The monoisotopic (exact) mass is 315 g/mol. The Hall–Kier alpha value is -1.73. The standard InChI is InChI=1S/C16H25N7/c1-21-6-2-12(3-7-21)22-8-4-13(5-9-22)23-16-14(10-20-23)15(17)18-11-19-16/h10-13H,2-9H2,1H3,(H2,17,18,19). The van der Waals surface area contributed by atoms with E-state index < -0.39 is 0 Å². The summed E-state index contributed by atoms with van der Waals surface area (Å²) in [5.74, 6) is 0.519. The summed E-state index contributed by atoms with van der Waals surface area (Å²) in [5.41, 5.74) is 6.78. The number of aromatic nitrogens is 4. The highest BCUT2D eigenvalue weighted by atomic mass is 15.3. The first-order valence-electron chi connectivity index (χ1n) is 8.58. The van der Waals surface area contributed by atoms with Crippen LogP contribution in [0.25, 0.3) is 11.0 Å². The highest BCUT2D eigenvalue weighted by Gasteiger charge is 2.29. The van der Waals surface area contributed by atoms with Crippen LogP contribution in [0.1, 0.15) is 31.7 Å². The average Bonchev–Trinajstić information content (AvgIpc) is 3.01. The maximum atomic E-state index is 5.91. The van der Waals surface area contributed by atoms with E-state index in [0.29, 0.717) is 11.9 Å². The first kappa shape index (κ1) is 14.8. The Morgan fingerprint density at radius 3 is 2.43 bits per heavy atom. The number of rotatable bonds is 2. The van der Waals surface area contributed by atoms with Gasteiger partial charge < -0.3 is 15.5 Å². The summed E-state index contributed by atoms with van der Waals surface area (Å²) in [6.07, 6.45) is 8.20. The molecule has 0 radical (unpaired) electrons. The molecule has 2 fully saturated rings. The van der Waals surface area contributed by atoms with Crippen molar-refractivity contribution in [1.82, 2.24) is 29.5 Å². The predicted molar refractivity (Wildman–Crippen MR) is 90.1 cm³/mol. The van der Waals surface area contributed by atoms with Crippen molar-refractivity contribution in [3.05, 3.63) is 12.5 Å². The number of anilines is 1. The molecule has 7 heteroatoms. The fraction of sp³-hybridized carbons (Fsp3) is 0.688. The fourth-order valence-electron chi connectivity index (χ4n) is 4.00. The third kappa shape index (κ3) is 2.79. The number of nitrogens with zero attached hydrogens (tertiary/aromatic N) is 6. The maximum Gasteiger partial charge on any atom is 0.163 e. The van der Waals surface area contributed by atoms with E-state index in [1.165, 1.54) is 32.3 Å². The zero-order valence-corrected chi connectivity index (χ0v) is 13.7. The molecule has 4 rings (SSSR count). The lowest BCUT2D eigenvalue weighted by Gasteiger charge is -2.41. The summed E-state index contributed by atoms with van der Waals surface area (Å²) in [4.78, 5) is 13.5. The van der Waals surface area contributed by atoms with E-state index in [4.69, 9.17) is 5.73 Å². The van der Waals surface area contributed by atoms with Gasteiger partial charge in [0.1, 0.15) is 12.1 Å². The molecule has 23 heavy (non-hydrogen) atoms. The molecule has 0 spiro atoms. The van der Waals surface area contributed by atoms with E-state index in [-0.39, 0.29) is 0 Å². The lowest BCUT2D eigenvalue weighted by molar-refractivity contribution is 0.0858. The van der Waals surface area contributed by atoms with Crippen molar-refractivity contribution in [3.63, 3.8) is 0 Å². The number of likely N-dealkylation sites (tertiary alicyclic amines) is 2. The summed E-state index contributed by atoms with van der Waals surface area (Å²) in [7, 11) is 2.22. The Labute approximate surface area is 136 Å². The van der Waals surface area contributed by atoms with Gasteiger partial charge in [0.05, 0.1) is 17.6 Å². The van der Waals surface area contributed by atoms with Crippen molar-refractivity contribution in [2.45, 2.75) is 37.8 Å². The van der Waals surface area contributed by atoms with Crippen molar-refractivity contribution in [2.75, 3.05) is 39.0 Å². The molecule has 2 aromatic heterocycles. The van der Waals surface area contributed by atoms with Crippen molar-refractivity contribution >= 4 is 16.9 Å². The second kappa shape index (κ2) is 6.05. The van der Waals surface area contributed by atoms with Gasteiger partial charge in [-0.1, -0.05) is 0 Å². The fourth-order valence-corrected chi connectivity index (χ4v) is 4.00. The Balaban J connectivity index is 1.44. The molecule has 124 valence electrons. The molecular weight excluding hydrogens is 290 g/mol. The molecule has 2 N–H and O–H groups in total. The quantitative estimate of drug-likeness (QED) is 0.895. The van der Waals surface area contributed by atoms with Crippen LogP contribution in [0.4, 0.5) is 5.82 Å². The van der Waals surface area contributed by atoms with Gasteiger partial charge in [-0.3, -0.25) is 0 Å². The van der Waals surface area contributed by atoms with Crippen LogP contribution in [0.2, 0.25) is 0 Å². The molecule has 0 aliphatic carbocycles. The third-order valence-corrected chi connectivity index (χ3v) is 5.47. The van der Waals surface area contributed by atoms with E-state index in [1.54, 1.807) is 6.20 Å². The minimum atomic E-state index is 0.421. The van der Waals surface area contributed by atoms with Gasteiger partial charge in [-0.05, 0) is 45.8 Å². The van der Waals surface area contributed by atoms with Crippen LogP contribution < -0.4 is 5.73 Å². The van der Waals surface area contributed by atoms with Crippen molar-refractivity contribution in [2.24, 2.45) is 0 Å². The molecule has 4 heterocycles. The van der Waals surface area contributed by atoms with E-state index in [1.807, 2.05) is 0 Å². The Morgan fingerprint density at radius 2 is 1.70 bits per heavy atom. The van der Waals surface area contributed by atoms with Crippen molar-refractivity contribution in [1.29, 1.82) is 0 Å². The van der Waals surface area contributed by atoms with Gasteiger partial charge >= 0.3 is 0 Å². The van der Waals surface area contributed by atoms with Gasteiger partial charge in [-0.25, -0.2) is 14.6 Å². The Kier molecular flexibility index (Phi) is 3.90. The molecule has 2 saturated heterocycles. The summed E-state index contributed by atoms with van der Waals surface area (Å²) in [5, 5.41) is 5.40. The molecule has 0 atom stereocenters. The molecule has 2 aliphatic rings. The summed E-state index contributed by atoms with van der Waals surface area (Å²) in [6.45, 7) is 4.76. The zero-order valence-electron chi connectivity index (χ0n) is 13.7. The van der Waals surface area contributed by atoms with Crippen LogP contribution in [0, 0.1) is 0 Å². The van der Waals surface area contributed by atoms with Gasteiger partial charge in [0.15, 0.2) is 5.65 Å². The molecule has 0 saturated carbocycles. The Bertz CT molecular complexity index is 666. The lowest BCUT2D eigenvalue weighted by atomic mass is 9.98. The minimum Gasteiger partial charge on any atom is -0.383 e. The summed E-state index contributed by atoms with van der Waals surface area (Å²) in [6, 6.07) is 1.18. The second-order valence-corrected chi connectivity index (χ2v) is 6.89. The molecule has 7 nitrogen and oxygen atoms in total. The highest BCUT2D eigenvalue weighted by molar-refractivity contribution is 5.84. The number of nitrogen functional groups attached to an aromatic ring is 1. The molecule has 2 aromatic rings. The normalized spacial score (nSPS) is 22.8. The molecular formula is C16H25N7. The molecule has 2 aliphatic heterocycles. The maximum absolute atomic E-state index is 5.91. The van der Waals surface area contributed by atoms with Crippen LogP contribution in [0.3, 0.4) is 0 Å². The summed E-state index contributed by atoms with van der Waals surface area (Å²) < 4.78 is 2.05. The van der Waals surface area contributed by atoms with Crippen LogP contribution >= 0.6 is 0 Å². The van der Waals surface area contributed by atoms with Crippen molar-refractivity contribution < 1.29 is 0 Å². The highest BCUT2D eigenvalue weighted by Crippen LogP contribution is 2.29. The van der Waals surface area contributed by atoms with Crippen LogP contribution in [0.5, 0.6) is 0 Å². The Morgan fingerprint density at radius 1 is 1.00 bits per heavy atom. The number of piperidine rings is 2. The predicted octanol–water partition coefficient (Wildman–Crippen LogP) is 1.14. The first-order valence-corrected chi connectivity index (χ1v) is 8.58. The van der Waals surface area contributed by atoms with Gasteiger partial charge in [0.25, 0.3) is 0 Å². The summed E-state index contributed by atoms with van der Waals surface area (Å²) >= 11 is 0. The zero-order chi connectivity index (χ0) is 15.8. The van der Waals surface area contributed by atoms with E-state index in [2.05, 4.69) is 36.6 Å². The topological polar surface area (TPSA) is 76.1 Å². The minimum absolute atomic E-state index is 0.421. The lowest BCUT2D eigenvalue weighted by Crippen LogP contribution is -2.47. The molecule has 0 amide bonds. The smallest absolute Gasteiger partial charge is 0.163 e. The number of nitrogens with two attached hydrogens (primary N) is 1. The molecule has 0 bridgehead atoms. The van der Waals surface area contributed by atoms with Gasteiger partial charge in [0.2, 0.25) is 0 Å². The second-order valence-electron chi connectivity index (χ2n) is 6.89. The number of hydrogen-bond donors (Lipinski definition) is 1. The number of fused-ring (bicyclic) bond motifs is 1. The largest absolute Gasteiger partial charge is 0.383 e. The van der Waals surface area contributed by atoms with Crippen LogP contribution in [-0.4, -0.2) is 68.8 Å². The van der Waals surface area contributed by atoms with Crippen LogP contribution in [-0.2, 0) is 0 Å². The van der Waals surface area contributed by atoms with E-state index in [9.17, 15) is 0 Å². The van der Waals surface area contributed by atoms with Crippen molar-refractivity contribution in [3.8, 4) is 0 Å². The first-order chi connectivity index (χ1) is 11.2. The van der Waals surface area contributed by atoms with Crippen LogP contribution in [0.15, 0.2) is 12.5 Å². The molecule has 0 aromatic carbocycles. The van der Waals surface area contributed by atoms with Gasteiger partial charge in [0, 0.05) is 19.1 Å². The SMILES string of the molecule is CN1CCC(N2CCC(n3ncc4c(N)ncnc43)CC2)CC1. The average molecular weight is 315 g/mol. The third-order valence-electron chi connectivity index (χ3n) is 5.47. The van der Waals surface area contributed by atoms with E-state index >= 15 is 0 Å². The molecule has 0 unspecified atom stereocenters. The van der Waals surface area contributed by atoms with Gasteiger partial charge in [-0.2, -0.15) is 5.10 Å². The van der Waals surface area contributed by atoms with E-state index in [0.717, 1.165) is 43.0 Å². The van der Waals surface area contributed by atoms with Gasteiger partial charge in [-0.15, -0.1) is 0 Å².